The predicted octanol–water partition coefficient (Wildman–Crippen LogP) is 5.29. The molecule has 0 aliphatic carbocycles. The van der Waals surface area contributed by atoms with Gasteiger partial charge in [0, 0.05) is 5.69 Å². The highest BCUT2D eigenvalue weighted by Gasteiger charge is 2.04. The Labute approximate surface area is 157 Å². The number of nitriles is 1. The minimum Gasteiger partial charge on any atom is -0.457 e. The Balaban J connectivity index is 1.50. The predicted molar refractivity (Wildman–Crippen MR) is 103 cm³/mol. The van der Waals surface area contributed by atoms with Crippen molar-refractivity contribution in [1.29, 1.82) is 5.26 Å². The molecule has 3 rings (SSSR count). The lowest BCUT2D eigenvalue weighted by atomic mass is 10.2. The molecule has 0 fully saturated rings. The largest absolute Gasteiger partial charge is 0.457 e. The Bertz CT molecular complexity index is 915. The van der Waals surface area contributed by atoms with Gasteiger partial charge in [-0.1, -0.05) is 42.5 Å². The molecule has 1 N–H and O–H groups in total. The number of benzene rings is 3. The molecule has 1 amide bonds. The number of nitrogens with zero attached hydrogens (tertiary/aromatic N) is 1. The van der Waals surface area contributed by atoms with Crippen molar-refractivity contribution in [2.24, 2.45) is 0 Å². The topological polar surface area (TPSA) is 71.3 Å². The van der Waals surface area contributed by atoms with E-state index < -0.39 is 6.09 Å². The van der Waals surface area contributed by atoms with Crippen molar-refractivity contribution in [3.63, 3.8) is 0 Å². The molecular formula is C22H18N2O3. The second kappa shape index (κ2) is 9.07. The minimum atomic E-state index is -0.513. The number of amides is 1. The van der Waals surface area contributed by atoms with Gasteiger partial charge in [-0.25, -0.2) is 4.79 Å². The molecule has 0 aliphatic heterocycles. The van der Waals surface area contributed by atoms with Crippen LogP contribution in [0.15, 0.2) is 78.9 Å². The number of ether oxygens (including phenoxy) is 2. The highest BCUT2D eigenvalue weighted by Crippen LogP contribution is 2.23. The fourth-order valence-electron chi connectivity index (χ4n) is 2.39. The standard InChI is InChI=1S/C22H18N2O3/c23-15-14-17-6-10-20(11-7-17)27-21-12-8-19(9-13-21)24-22(25)26-16-18-4-2-1-3-5-18/h1-13H,14,16H2,(H,24,25). The molecule has 0 aliphatic rings. The van der Waals surface area contributed by atoms with Gasteiger partial charge in [0.1, 0.15) is 18.1 Å². The Morgan fingerprint density at radius 1 is 0.852 bits per heavy atom. The molecule has 0 saturated heterocycles. The second-order valence-corrected chi connectivity index (χ2v) is 5.79. The van der Waals surface area contributed by atoms with E-state index >= 15 is 0 Å². The van der Waals surface area contributed by atoms with Crippen molar-refractivity contribution in [2.75, 3.05) is 5.32 Å². The molecule has 5 nitrogen and oxygen atoms in total. The zero-order valence-corrected chi connectivity index (χ0v) is 14.6. The molecule has 0 bridgehead atoms. The number of anilines is 1. The van der Waals surface area contributed by atoms with Gasteiger partial charge >= 0.3 is 6.09 Å². The van der Waals surface area contributed by atoms with Gasteiger partial charge in [0.05, 0.1) is 12.5 Å². The zero-order chi connectivity index (χ0) is 18.9. The quantitative estimate of drug-likeness (QED) is 0.649. The van der Waals surface area contributed by atoms with Gasteiger partial charge in [-0.2, -0.15) is 5.26 Å². The number of hydrogen-bond acceptors (Lipinski definition) is 4. The summed E-state index contributed by atoms with van der Waals surface area (Å²) < 4.78 is 10.9. The smallest absolute Gasteiger partial charge is 0.411 e. The average Bonchev–Trinajstić information content (AvgIpc) is 2.70. The molecule has 0 heterocycles. The summed E-state index contributed by atoms with van der Waals surface area (Å²) in [5, 5.41) is 11.4. The maximum Gasteiger partial charge on any atom is 0.411 e. The van der Waals surface area contributed by atoms with E-state index in [1.165, 1.54) is 0 Å². The maximum absolute atomic E-state index is 11.9. The van der Waals surface area contributed by atoms with E-state index in [2.05, 4.69) is 11.4 Å². The molecule has 0 aromatic heterocycles. The third-order valence-corrected chi connectivity index (χ3v) is 3.76. The van der Waals surface area contributed by atoms with E-state index in [9.17, 15) is 4.79 Å². The van der Waals surface area contributed by atoms with Crippen LogP contribution >= 0.6 is 0 Å². The third-order valence-electron chi connectivity index (χ3n) is 3.76. The van der Waals surface area contributed by atoms with Crippen LogP contribution in [-0.2, 0) is 17.8 Å². The van der Waals surface area contributed by atoms with Crippen LogP contribution < -0.4 is 10.1 Å². The molecule has 27 heavy (non-hydrogen) atoms. The van der Waals surface area contributed by atoms with Gasteiger partial charge in [0.25, 0.3) is 0 Å². The van der Waals surface area contributed by atoms with E-state index in [0.717, 1.165) is 11.1 Å². The number of nitrogens with one attached hydrogen (secondary N) is 1. The van der Waals surface area contributed by atoms with Crippen LogP contribution in [0.2, 0.25) is 0 Å². The van der Waals surface area contributed by atoms with E-state index in [0.29, 0.717) is 23.6 Å². The first-order valence-corrected chi connectivity index (χ1v) is 8.44. The third kappa shape index (κ3) is 5.62. The molecule has 0 atom stereocenters. The average molecular weight is 358 g/mol. The summed E-state index contributed by atoms with van der Waals surface area (Å²) >= 11 is 0. The maximum atomic E-state index is 11.9. The summed E-state index contributed by atoms with van der Waals surface area (Å²) in [6, 6.07) is 26.0. The molecule has 0 saturated carbocycles. The zero-order valence-electron chi connectivity index (χ0n) is 14.6. The van der Waals surface area contributed by atoms with Crippen molar-refractivity contribution in [2.45, 2.75) is 13.0 Å². The van der Waals surface area contributed by atoms with Crippen molar-refractivity contribution >= 4 is 11.8 Å². The highest BCUT2D eigenvalue weighted by molar-refractivity contribution is 5.84. The lowest BCUT2D eigenvalue weighted by Crippen LogP contribution is -2.13. The van der Waals surface area contributed by atoms with Crippen molar-refractivity contribution in [3.8, 4) is 17.6 Å². The van der Waals surface area contributed by atoms with Crippen LogP contribution in [0.1, 0.15) is 11.1 Å². The van der Waals surface area contributed by atoms with Crippen LogP contribution in [-0.4, -0.2) is 6.09 Å². The van der Waals surface area contributed by atoms with Crippen molar-refractivity contribution in [3.05, 3.63) is 90.0 Å². The first-order valence-electron chi connectivity index (χ1n) is 8.44. The number of hydrogen-bond donors (Lipinski definition) is 1. The Hall–Kier alpha value is -3.78. The Morgan fingerprint density at radius 3 is 2.11 bits per heavy atom. The fraction of sp³-hybridized carbons (Fsp3) is 0.0909. The number of carbonyl (C=O) groups excluding carboxylic acids is 1. The van der Waals surface area contributed by atoms with Gasteiger partial charge in [-0.3, -0.25) is 5.32 Å². The summed E-state index contributed by atoms with van der Waals surface area (Å²) in [5.74, 6) is 1.32. The molecule has 3 aromatic carbocycles. The van der Waals surface area contributed by atoms with E-state index in [-0.39, 0.29) is 6.61 Å². The normalized spacial score (nSPS) is 9.89. The lowest BCUT2D eigenvalue weighted by molar-refractivity contribution is 0.155. The monoisotopic (exact) mass is 358 g/mol. The molecular weight excluding hydrogens is 340 g/mol. The Morgan fingerprint density at radius 2 is 1.48 bits per heavy atom. The molecule has 0 unspecified atom stereocenters. The summed E-state index contributed by atoms with van der Waals surface area (Å²) in [7, 11) is 0. The molecule has 134 valence electrons. The van der Waals surface area contributed by atoms with Gasteiger partial charge in [0.15, 0.2) is 0 Å². The van der Waals surface area contributed by atoms with E-state index in [1.807, 2.05) is 54.6 Å². The van der Waals surface area contributed by atoms with Gasteiger partial charge in [-0.15, -0.1) is 0 Å². The van der Waals surface area contributed by atoms with Crippen molar-refractivity contribution in [1.82, 2.24) is 0 Å². The molecule has 3 aromatic rings. The molecule has 0 spiro atoms. The number of carbonyl (C=O) groups is 1. The van der Waals surface area contributed by atoms with E-state index in [1.54, 1.807) is 24.3 Å². The fourth-order valence-corrected chi connectivity index (χ4v) is 2.39. The molecule has 0 radical (unpaired) electrons. The van der Waals surface area contributed by atoms with Crippen LogP contribution in [0.3, 0.4) is 0 Å². The Kier molecular flexibility index (Phi) is 6.05. The highest BCUT2D eigenvalue weighted by atomic mass is 16.5. The van der Waals surface area contributed by atoms with Gasteiger partial charge in [0.2, 0.25) is 0 Å². The van der Waals surface area contributed by atoms with E-state index in [4.69, 9.17) is 14.7 Å². The first kappa shape index (κ1) is 18.0. The molecule has 5 heteroatoms. The minimum absolute atomic E-state index is 0.218. The second-order valence-electron chi connectivity index (χ2n) is 5.79. The summed E-state index contributed by atoms with van der Waals surface area (Å²) in [4.78, 5) is 11.9. The van der Waals surface area contributed by atoms with Crippen LogP contribution in [0, 0.1) is 11.3 Å². The summed E-state index contributed by atoms with van der Waals surface area (Å²) in [6.45, 7) is 0.218. The van der Waals surface area contributed by atoms with Gasteiger partial charge in [-0.05, 0) is 47.5 Å². The first-order chi connectivity index (χ1) is 13.2. The lowest BCUT2D eigenvalue weighted by Gasteiger charge is -2.09. The van der Waals surface area contributed by atoms with Crippen LogP contribution in [0.25, 0.3) is 0 Å². The van der Waals surface area contributed by atoms with Crippen LogP contribution in [0.5, 0.6) is 11.5 Å². The van der Waals surface area contributed by atoms with Crippen LogP contribution in [0.4, 0.5) is 10.5 Å². The SMILES string of the molecule is N#CCc1ccc(Oc2ccc(NC(=O)OCc3ccccc3)cc2)cc1. The van der Waals surface area contributed by atoms with Crippen molar-refractivity contribution < 1.29 is 14.3 Å². The summed E-state index contributed by atoms with van der Waals surface area (Å²) in [5.41, 5.74) is 2.49. The summed E-state index contributed by atoms with van der Waals surface area (Å²) in [6.07, 6.45) is -0.137. The number of rotatable bonds is 6. The van der Waals surface area contributed by atoms with Gasteiger partial charge < -0.3 is 9.47 Å².